The van der Waals surface area contributed by atoms with Crippen LogP contribution in [-0.4, -0.2) is 14.9 Å². The van der Waals surface area contributed by atoms with Gasteiger partial charge in [-0.15, -0.1) is 0 Å². The zero-order valence-electron chi connectivity index (χ0n) is 5.00. The molecule has 4 heteroatoms. The van der Waals surface area contributed by atoms with Gasteiger partial charge in [0.1, 0.15) is 6.73 Å². The lowest BCUT2D eigenvalue weighted by Crippen LogP contribution is -2.00. The molecule has 1 aromatic rings. The second-order valence-electron chi connectivity index (χ2n) is 1.75. The molecular weight excluding hydrogens is 140 g/mol. The van der Waals surface area contributed by atoms with Gasteiger partial charge in [-0.25, -0.2) is 4.68 Å². The highest BCUT2D eigenvalue weighted by Crippen LogP contribution is 2.06. The number of hydrogen-bond donors (Lipinski definition) is 1. The van der Waals surface area contributed by atoms with E-state index in [-0.39, 0.29) is 6.73 Å². The molecule has 50 valence electrons. The summed E-state index contributed by atoms with van der Waals surface area (Å²) in [5.74, 6) is 0. The zero-order chi connectivity index (χ0) is 6.85. The Morgan fingerprint density at radius 2 is 2.56 bits per heavy atom. The van der Waals surface area contributed by atoms with Gasteiger partial charge in [0, 0.05) is 5.69 Å². The first kappa shape index (κ1) is 6.58. The molecule has 0 fully saturated rings. The van der Waals surface area contributed by atoms with E-state index < -0.39 is 0 Å². The molecule has 1 aromatic heterocycles. The minimum absolute atomic E-state index is 0.113. The van der Waals surface area contributed by atoms with Gasteiger partial charge in [-0.3, -0.25) is 0 Å². The number of hydrogen-bond acceptors (Lipinski definition) is 2. The van der Waals surface area contributed by atoms with Crippen molar-refractivity contribution in [2.75, 3.05) is 0 Å². The van der Waals surface area contributed by atoms with Gasteiger partial charge in [0.15, 0.2) is 5.15 Å². The first-order valence-electron chi connectivity index (χ1n) is 2.55. The van der Waals surface area contributed by atoms with Gasteiger partial charge in [-0.2, -0.15) is 5.10 Å². The van der Waals surface area contributed by atoms with E-state index >= 15 is 0 Å². The van der Waals surface area contributed by atoms with Crippen LogP contribution in [0.25, 0.3) is 0 Å². The minimum atomic E-state index is -0.113. The molecule has 0 aliphatic rings. The molecule has 0 saturated heterocycles. The Morgan fingerprint density at radius 3 is 2.78 bits per heavy atom. The molecule has 0 unspecified atom stereocenters. The molecule has 0 bridgehead atoms. The standard InChI is InChI=1S/C5H7ClN2O/c1-4-2-5(6)7-8(4)3-9/h2,9H,3H2,1H3. The van der Waals surface area contributed by atoms with Gasteiger partial charge in [0.05, 0.1) is 0 Å². The average Bonchev–Trinajstić information content (AvgIpc) is 2.10. The van der Waals surface area contributed by atoms with Crippen molar-refractivity contribution in [1.29, 1.82) is 0 Å². The normalized spacial score (nSPS) is 10.1. The third kappa shape index (κ3) is 1.23. The van der Waals surface area contributed by atoms with Crippen LogP contribution in [-0.2, 0) is 6.73 Å². The summed E-state index contributed by atoms with van der Waals surface area (Å²) in [6.07, 6.45) is 0. The molecule has 0 radical (unpaired) electrons. The summed E-state index contributed by atoms with van der Waals surface area (Å²) in [7, 11) is 0. The van der Waals surface area contributed by atoms with Gasteiger partial charge < -0.3 is 5.11 Å². The number of aromatic nitrogens is 2. The van der Waals surface area contributed by atoms with Crippen LogP contribution in [0.2, 0.25) is 5.15 Å². The van der Waals surface area contributed by atoms with Crippen molar-refractivity contribution in [2.24, 2.45) is 0 Å². The second kappa shape index (κ2) is 2.37. The molecule has 0 saturated carbocycles. The summed E-state index contributed by atoms with van der Waals surface area (Å²) in [6, 6.07) is 1.69. The lowest BCUT2D eigenvalue weighted by molar-refractivity contribution is 0.192. The van der Waals surface area contributed by atoms with E-state index in [1.165, 1.54) is 4.68 Å². The first-order chi connectivity index (χ1) is 4.24. The summed E-state index contributed by atoms with van der Waals surface area (Å²) in [4.78, 5) is 0. The van der Waals surface area contributed by atoms with E-state index in [0.29, 0.717) is 5.15 Å². The fraction of sp³-hybridized carbons (Fsp3) is 0.400. The fourth-order valence-corrected chi connectivity index (χ4v) is 0.862. The zero-order valence-corrected chi connectivity index (χ0v) is 5.76. The van der Waals surface area contributed by atoms with E-state index in [1.807, 2.05) is 6.92 Å². The number of rotatable bonds is 1. The highest BCUT2D eigenvalue weighted by Gasteiger charge is 1.97. The Hall–Kier alpha value is -0.540. The topological polar surface area (TPSA) is 38.0 Å². The Labute approximate surface area is 57.9 Å². The Balaban J connectivity index is 3.01. The van der Waals surface area contributed by atoms with Crippen LogP contribution in [0, 0.1) is 6.92 Å². The van der Waals surface area contributed by atoms with Gasteiger partial charge in [0.25, 0.3) is 0 Å². The molecule has 0 spiro atoms. The SMILES string of the molecule is Cc1cc(Cl)nn1CO. The van der Waals surface area contributed by atoms with E-state index in [9.17, 15) is 0 Å². The molecule has 1 heterocycles. The predicted molar refractivity (Wildman–Crippen MR) is 34.2 cm³/mol. The van der Waals surface area contributed by atoms with Crippen LogP contribution in [0.1, 0.15) is 5.69 Å². The number of nitrogens with zero attached hydrogens (tertiary/aromatic N) is 2. The maximum Gasteiger partial charge on any atom is 0.151 e. The molecule has 9 heavy (non-hydrogen) atoms. The summed E-state index contributed by atoms with van der Waals surface area (Å²) in [5, 5.41) is 12.8. The smallest absolute Gasteiger partial charge is 0.151 e. The first-order valence-corrected chi connectivity index (χ1v) is 2.92. The minimum Gasteiger partial charge on any atom is -0.374 e. The average molecular weight is 147 g/mol. The molecule has 0 atom stereocenters. The summed E-state index contributed by atoms with van der Waals surface area (Å²) in [5.41, 5.74) is 0.863. The third-order valence-corrected chi connectivity index (χ3v) is 1.27. The molecular formula is C5H7ClN2O. The molecule has 1 rings (SSSR count). The van der Waals surface area contributed by atoms with E-state index in [0.717, 1.165) is 5.69 Å². The van der Waals surface area contributed by atoms with Gasteiger partial charge >= 0.3 is 0 Å². The quantitative estimate of drug-likeness (QED) is 0.637. The lowest BCUT2D eigenvalue weighted by Gasteiger charge is -1.94. The number of halogens is 1. The van der Waals surface area contributed by atoms with Crippen molar-refractivity contribution in [1.82, 2.24) is 9.78 Å². The van der Waals surface area contributed by atoms with Crippen LogP contribution in [0.5, 0.6) is 0 Å². The fourth-order valence-electron chi connectivity index (χ4n) is 0.613. The van der Waals surface area contributed by atoms with E-state index in [4.69, 9.17) is 16.7 Å². The van der Waals surface area contributed by atoms with Crippen molar-refractivity contribution in [3.63, 3.8) is 0 Å². The third-order valence-electron chi connectivity index (χ3n) is 1.09. The number of aryl methyl sites for hydroxylation is 1. The Bertz CT molecular complexity index is 209. The van der Waals surface area contributed by atoms with Crippen LogP contribution in [0.3, 0.4) is 0 Å². The van der Waals surface area contributed by atoms with Crippen molar-refractivity contribution < 1.29 is 5.11 Å². The molecule has 0 amide bonds. The predicted octanol–water partition coefficient (Wildman–Crippen LogP) is 0.795. The van der Waals surface area contributed by atoms with Crippen molar-refractivity contribution in [3.8, 4) is 0 Å². The maximum atomic E-state index is 8.57. The summed E-state index contributed by atoms with van der Waals surface area (Å²) >= 11 is 5.50. The molecule has 3 nitrogen and oxygen atoms in total. The summed E-state index contributed by atoms with van der Waals surface area (Å²) < 4.78 is 1.42. The largest absolute Gasteiger partial charge is 0.374 e. The van der Waals surface area contributed by atoms with Crippen molar-refractivity contribution in [2.45, 2.75) is 13.7 Å². The van der Waals surface area contributed by atoms with Crippen LogP contribution in [0.15, 0.2) is 6.07 Å². The molecule has 0 aliphatic carbocycles. The number of aliphatic hydroxyl groups is 1. The van der Waals surface area contributed by atoms with Crippen molar-refractivity contribution in [3.05, 3.63) is 16.9 Å². The van der Waals surface area contributed by atoms with Gasteiger partial charge in [0.2, 0.25) is 0 Å². The Morgan fingerprint density at radius 1 is 1.89 bits per heavy atom. The molecule has 1 N–H and O–H groups in total. The molecule has 0 aliphatic heterocycles. The van der Waals surface area contributed by atoms with E-state index in [1.54, 1.807) is 6.07 Å². The van der Waals surface area contributed by atoms with Crippen LogP contribution < -0.4 is 0 Å². The van der Waals surface area contributed by atoms with Gasteiger partial charge in [-0.05, 0) is 13.0 Å². The van der Waals surface area contributed by atoms with Crippen LogP contribution in [0.4, 0.5) is 0 Å². The van der Waals surface area contributed by atoms with Crippen molar-refractivity contribution >= 4 is 11.6 Å². The van der Waals surface area contributed by atoms with Crippen LogP contribution >= 0.6 is 11.6 Å². The molecule has 0 aromatic carbocycles. The van der Waals surface area contributed by atoms with E-state index in [2.05, 4.69) is 5.10 Å². The van der Waals surface area contributed by atoms with Gasteiger partial charge in [-0.1, -0.05) is 11.6 Å². The highest BCUT2D eigenvalue weighted by atomic mass is 35.5. The maximum absolute atomic E-state index is 8.57. The lowest BCUT2D eigenvalue weighted by atomic mass is 10.5. The second-order valence-corrected chi connectivity index (χ2v) is 2.14. The highest BCUT2D eigenvalue weighted by molar-refractivity contribution is 6.29. The summed E-state index contributed by atoms with van der Waals surface area (Å²) in [6.45, 7) is 1.72. The number of aliphatic hydroxyl groups excluding tert-OH is 1. The Kier molecular flexibility index (Phi) is 1.73. The monoisotopic (exact) mass is 146 g/mol.